The van der Waals surface area contributed by atoms with Crippen LogP contribution in [-0.4, -0.2) is 6.03 Å². The van der Waals surface area contributed by atoms with Gasteiger partial charge in [0.25, 0.3) is 0 Å². The molecular weight excluding hydrogens is 272 g/mol. The van der Waals surface area contributed by atoms with E-state index in [1.54, 1.807) is 6.20 Å². The number of nitrogens with one attached hydrogen (secondary N) is 2. The van der Waals surface area contributed by atoms with Crippen LogP contribution in [0.2, 0.25) is 0 Å². The minimum absolute atomic E-state index is 0.0691. The van der Waals surface area contributed by atoms with Gasteiger partial charge in [0.2, 0.25) is 0 Å². The van der Waals surface area contributed by atoms with Crippen molar-refractivity contribution in [3.63, 3.8) is 0 Å². The fourth-order valence-corrected chi connectivity index (χ4v) is 2.91. The molecule has 2 N–H and O–H groups in total. The fourth-order valence-electron chi connectivity index (χ4n) is 2.91. The molecule has 2 amide bonds. The molecular formula is C19H28N2O. The highest BCUT2D eigenvalue weighted by Gasteiger charge is 2.15. The number of aryl methyl sites for hydroxylation is 2. The maximum absolute atomic E-state index is 12.0. The Hall–Kier alpha value is -1.77. The lowest BCUT2D eigenvalue weighted by molar-refractivity contribution is 0.240. The van der Waals surface area contributed by atoms with Gasteiger partial charge in [0, 0.05) is 6.20 Å². The molecule has 0 saturated heterocycles. The molecule has 0 aliphatic heterocycles. The van der Waals surface area contributed by atoms with Crippen molar-refractivity contribution in [2.75, 3.05) is 0 Å². The van der Waals surface area contributed by atoms with Crippen LogP contribution in [0.1, 0.15) is 62.8 Å². The van der Waals surface area contributed by atoms with E-state index in [0.29, 0.717) is 5.92 Å². The molecule has 0 fully saturated rings. The van der Waals surface area contributed by atoms with Crippen LogP contribution in [0.4, 0.5) is 4.79 Å². The lowest BCUT2D eigenvalue weighted by atomic mass is 9.89. The van der Waals surface area contributed by atoms with Crippen LogP contribution >= 0.6 is 0 Å². The first kappa shape index (κ1) is 16.6. The van der Waals surface area contributed by atoms with Crippen molar-refractivity contribution in [1.29, 1.82) is 0 Å². The number of carbonyl (C=O) groups is 1. The zero-order valence-corrected chi connectivity index (χ0v) is 14.0. The molecule has 0 bridgehead atoms. The molecule has 0 saturated carbocycles. The van der Waals surface area contributed by atoms with Crippen molar-refractivity contribution in [2.24, 2.45) is 5.92 Å². The molecule has 22 heavy (non-hydrogen) atoms. The molecule has 120 valence electrons. The molecule has 0 spiro atoms. The first-order valence-electron chi connectivity index (χ1n) is 8.45. The quantitative estimate of drug-likeness (QED) is 0.826. The van der Waals surface area contributed by atoms with Crippen LogP contribution < -0.4 is 10.6 Å². The average molecular weight is 300 g/mol. The second-order valence-electron chi connectivity index (χ2n) is 6.42. The zero-order chi connectivity index (χ0) is 15.9. The van der Waals surface area contributed by atoms with E-state index in [2.05, 4.69) is 49.6 Å². The molecule has 1 atom stereocenters. The number of carbonyl (C=O) groups excluding carboxylic acids is 1. The summed E-state index contributed by atoms with van der Waals surface area (Å²) in [7, 11) is 0. The van der Waals surface area contributed by atoms with E-state index in [-0.39, 0.29) is 12.1 Å². The number of rotatable bonds is 5. The van der Waals surface area contributed by atoms with Gasteiger partial charge in [0.15, 0.2) is 0 Å². The number of allylic oxidation sites excluding steroid dienone is 1. The van der Waals surface area contributed by atoms with E-state index in [0.717, 1.165) is 6.42 Å². The first-order valence-corrected chi connectivity index (χ1v) is 8.45. The van der Waals surface area contributed by atoms with Gasteiger partial charge in [-0.3, -0.25) is 0 Å². The number of urea groups is 1. The number of hydrogen-bond acceptors (Lipinski definition) is 1. The SMILES string of the molecule is CCC(NC(=O)N/C=C/C(C)C)c1ccc2c(c1)CCCC2. The van der Waals surface area contributed by atoms with Gasteiger partial charge >= 0.3 is 6.03 Å². The lowest BCUT2D eigenvalue weighted by Crippen LogP contribution is -2.35. The smallest absolute Gasteiger partial charge is 0.319 e. The molecule has 1 aromatic carbocycles. The van der Waals surface area contributed by atoms with Gasteiger partial charge in [0.1, 0.15) is 0 Å². The number of amides is 2. The number of fused-ring (bicyclic) bond motifs is 1. The first-order chi connectivity index (χ1) is 10.6. The van der Waals surface area contributed by atoms with Crippen molar-refractivity contribution < 1.29 is 4.79 Å². The largest absolute Gasteiger partial charge is 0.331 e. The number of hydrogen-bond donors (Lipinski definition) is 2. The highest BCUT2D eigenvalue weighted by Crippen LogP contribution is 2.25. The third kappa shape index (κ3) is 4.62. The zero-order valence-electron chi connectivity index (χ0n) is 14.0. The summed E-state index contributed by atoms with van der Waals surface area (Å²) in [5, 5.41) is 5.84. The highest BCUT2D eigenvalue weighted by molar-refractivity contribution is 5.75. The van der Waals surface area contributed by atoms with Gasteiger partial charge in [-0.1, -0.05) is 45.0 Å². The van der Waals surface area contributed by atoms with Gasteiger partial charge < -0.3 is 10.6 Å². The molecule has 0 heterocycles. The van der Waals surface area contributed by atoms with Gasteiger partial charge in [-0.05, 0) is 54.7 Å². The molecule has 0 aromatic heterocycles. The van der Waals surface area contributed by atoms with E-state index in [1.165, 1.54) is 42.4 Å². The topological polar surface area (TPSA) is 41.1 Å². The molecule has 1 unspecified atom stereocenters. The predicted molar refractivity (Wildman–Crippen MR) is 91.8 cm³/mol. The molecule has 3 heteroatoms. The van der Waals surface area contributed by atoms with Gasteiger partial charge in [-0.15, -0.1) is 0 Å². The minimum Gasteiger partial charge on any atom is -0.331 e. The fraction of sp³-hybridized carbons (Fsp3) is 0.526. The van der Waals surface area contributed by atoms with Crippen molar-refractivity contribution >= 4 is 6.03 Å². The van der Waals surface area contributed by atoms with Crippen LogP contribution in [0.3, 0.4) is 0 Å². The second-order valence-corrected chi connectivity index (χ2v) is 6.42. The summed E-state index contributed by atoms with van der Waals surface area (Å²) in [6.07, 6.45) is 9.52. The summed E-state index contributed by atoms with van der Waals surface area (Å²) in [5.74, 6) is 0.433. The third-order valence-corrected chi connectivity index (χ3v) is 4.18. The summed E-state index contributed by atoms with van der Waals surface area (Å²) in [4.78, 5) is 12.0. The van der Waals surface area contributed by atoms with Crippen LogP contribution in [-0.2, 0) is 12.8 Å². The monoisotopic (exact) mass is 300 g/mol. The third-order valence-electron chi connectivity index (χ3n) is 4.18. The van der Waals surface area contributed by atoms with E-state index in [1.807, 2.05) is 6.08 Å². The van der Waals surface area contributed by atoms with Crippen molar-refractivity contribution in [3.05, 3.63) is 47.2 Å². The Morgan fingerprint density at radius 3 is 2.64 bits per heavy atom. The predicted octanol–water partition coefficient (Wildman–Crippen LogP) is 4.49. The van der Waals surface area contributed by atoms with E-state index < -0.39 is 0 Å². The van der Waals surface area contributed by atoms with Crippen LogP contribution in [0.15, 0.2) is 30.5 Å². The van der Waals surface area contributed by atoms with Gasteiger partial charge in [-0.2, -0.15) is 0 Å². The van der Waals surface area contributed by atoms with Crippen LogP contribution in [0, 0.1) is 5.92 Å². The Morgan fingerprint density at radius 1 is 1.23 bits per heavy atom. The minimum atomic E-state index is -0.138. The molecule has 3 nitrogen and oxygen atoms in total. The Balaban J connectivity index is 2.00. The van der Waals surface area contributed by atoms with Gasteiger partial charge in [-0.25, -0.2) is 4.79 Å². The average Bonchev–Trinajstić information content (AvgIpc) is 2.51. The lowest BCUT2D eigenvalue weighted by Gasteiger charge is -2.21. The Bertz CT molecular complexity index is 534. The van der Waals surface area contributed by atoms with Crippen LogP contribution in [0.25, 0.3) is 0 Å². The highest BCUT2D eigenvalue weighted by atomic mass is 16.2. The van der Waals surface area contributed by atoms with Crippen LogP contribution in [0.5, 0.6) is 0 Å². The summed E-state index contributed by atoms with van der Waals surface area (Å²) in [6.45, 7) is 6.27. The van der Waals surface area contributed by atoms with E-state index in [4.69, 9.17) is 0 Å². The normalized spacial score (nSPS) is 15.6. The molecule has 1 aliphatic carbocycles. The summed E-state index contributed by atoms with van der Waals surface area (Å²) >= 11 is 0. The Morgan fingerprint density at radius 2 is 1.95 bits per heavy atom. The molecule has 1 aromatic rings. The maximum atomic E-state index is 12.0. The maximum Gasteiger partial charge on any atom is 0.319 e. The molecule has 0 radical (unpaired) electrons. The Labute approximate surface area is 134 Å². The summed E-state index contributed by atoms with van der Waals surface area (Å²) in [6, 6.07) is 6.63. The summed E-state index contributed by atoms with van der Waals surface area (Å²) in [5.41, 5.74) is 4.16. The Kier molecular flexibility index (Phi) is 6.05. The molecule has 2 rings (SSSR count). The van der Waals surface area contributed by atoms with E-state index >= 15 is 0 Å². The summed E-state index contributed by atoms with van der Waals surface area (Å²) < 4.78 is 0. The second kappa shape index (κ2) is 8.02. The standard InChI is InChI=1S/C19H28N2O/c1-4-18(21-19(22)20-12-11-14(2)3)17-10-9-15-7-5-6-8-16(15)13-17/h9-14,18H,4-8H2,1-3H3,(H2,20,21,22)/b12-11+. The van der Waals surface area contributed by atoms with E-state index in [9.17, 15) is 4.79 Å². The molecule has 1 aliphatic rings. The van der Waals surface area contributed by atoms with Crippen molar-refractivity contribution in [1.82, 2.24) is 10.6 Å². The van der Waals surface area contributed by atoms with Crippen molar-refractivity contribution in [3.8, 4) is 0 Å². The van der Waals surface area contributed by atoms with Crippen molar-refractivity contribution in [2.45, 2.75) is 58.9 Å². The van der Waals surface area contributed by atoms with Gasteiger partial charge in [0.05, 0.1) is 6.04 Å². The number of benzene rings is 1.